The molecule has 0 saturated carbocycles. The zero-order valence-corrected chi connectivity index (χ0v) is 8.85. The van der Waals surface area contributed by atoms with Crippen LogP contribution < -0.4 is 0 Å². The molecule has 0 amide bonds. The summed E-state index contributed by atoms with van der Waals surface area (Å²) >= 11 is 0. The third-order valence-corrected chi connectivity index (χ3v) is 2.36. The predicted molar refractivity (Wildman–Crippen MR) is 53.6 cm³/mol. The Morgan fingerprint density at radius 1 is 1.25 bits per heavy atom. The highest BCUT2D eigenvalue weighted by Crippen LogP contribution is 2.17. The van der Waals surface area contributed by atoms with Gasteiger partial charge in [-0.2, -0.15) is 0 Å². The molecule has 84 valence electrons. The van der Waals surface area contributed by atoms with Crippen LogP contribution >= 0.6 is 0 Å². The van der Waals surface area contributed by atoms with Gasteiger partial charge in [-0.3, -0.25) is 4.98 Å². The van der Waals surface area contributed by atoms with E-state index in [1.807, 2.05) is 13.8 Å². The van der Waals surface area contributed by atoms with E-state index in [4.69, 9.17) is 0 Å². The second-order valence-corrected chi connectivity index (χ2v) is 3.41. The van der Waals surface area contributed by atoms with Gasteiger partial charge in [-0.25, -0.2) is 13.5 Å². The highest BCUT2D eigenvalue weighted by atomic mass is 19.3. The number of hydrogen-bond donors (Lipinski definition) is 0. The monoisotopic (exact) mass is 224 g/mol. The molecule has 0 aliphatic heterocycles. The number of pyridine rings is 1. The van der Waals surface area contributed by atoms with Gasteiger partial charge in [-0.15, -0.1) is 5.10 Å². The number of hydrogen-bond acceptors (Lipinski definition) is 3. The van der Waals surface area contributed by atoms with E-state index >= 15 is 0 Å². The number of aryl methyl sites for hydroxylation is 1. The Morgan fingerprint density at radius 3 is 2.44 bits per heavy atom. The number of alkyl halides is 2. The van der Waals surface area contributed by atoms with Crippen molar-refractivity contribution >= 4 is 0 Å². The Bertz CT molecular complexity index is 490. The largest absolute Gasteiger partial charge is 0.280 e. The van der Waals surface area contributed by atoms with Crippen LogP contribution in [0.4, 0.5) is 8.78 Å². The van der Waals surface area contributed by atoms with Crippen molar-refractivity contribution in [3.8, 4) is 5.69 Å². The first kappa shape index (κ1) is 10.7. The summed E-state index contributed by atoms with van der Waals surface area (Å²) in [6.45, 7) is 3.69. The molecule has 0 N–H and O–H groups in total. The van der Waals surface area contributed by atoms with Crippen molar-refractivity contribution in [3.63, 3.8) is 0 Å². The molecule has 6 heteroatoms. The number of aromatic nitrogens is 4. The summed E-state index contributed by atoms with van der Waals surface area (Å²) < 4.78 is 26.1. The van der Waals surface area contributed by atoms with Crippen molar-refractivity contribution in [2.75, 3.05) is 0 Å². The first-order valence-electron chi connectivity index (χ1n) is 4.73. The molecule has 2 aromatic heterocycles. The van der Waals surface area contributed by atoms with Crippen LogP contribution in [0.1, 0.15) is 23.5 Å². The molecule has 0 aliphatic rings. The van der Waals surface area contributed by atoms with Crippen molar-refractivity contribution in [2.45, 2.75) is 20.3 Å². The molecular formula is C10H10F2N4. The van der Waals surface area contributed by atoms with Gasteiger partial charge in [0, 0.05) is 0 Å². The van der Waals surface area contributed by atoms with Crippen LogP contribution in [0.15, 0.2) is 18.3 Å². The van der Waals surface area contributed by atoms with Crippen LogP contribution in [-0.4, -0.2) is 20.0 Å². The Hall–Kier alpha value is -1.85. The maximum Gasteiger partial charge on any atom is 0.280 e. The average molecular weight is 224 g/mol. The lowest BCUT2D eigenvalue weighted by Gasteiger charge is -2.03. The van der Waals surface area contributed by atoms with Crippen LogP contribution in [0.25, 0.3) is 5.69 Å². The van der Waals surface area contributed by atoms with E-state index in [1.165, 1.54) is 12.3 Å². The normalized spacial score (nSPS) is 11.1. The summed E-state index contributed by atoms with van der Waals surface area (Å²) in [6.07, 6.45) is -1.18. The minimum Gasteiger partial charge on any atom is -0.253 e. The molecule has 0 aliphatic carbocycles. The van der Waals surface area contributed by atoms with Crippen molar-refractivity contribution in [3.05, 3.63) is 35.4 Å². The van der Waals surface area contributed by atoms with Gasteiger partial charge >= 0.3 is 0 Å². The Balaban J connectivity index is 2.38. The van der Waals surface area contributed by atoms with Gasteiger partial charge in [0.1, 0.15) is 5.69 Å². The van der Waals surface area contributed by atoms with Gasteiger partial charge in [0.2, 0.25) is 0 Å². The van der Waals surface area contributed by atoms with E-state index in [2.05, 4.69) is 15.3 Å². The fourth-order valence-electron chi connectivity index (χ4n) is 1.30. The first-order valence-corrected chi connectivity index (χ1v) is 4.73. The van der Waals surface area contributed by atoms with Crippen LogP contribution in [0.2, 0.25) is 0 Å². The molecule has 0 bridgehead atoms. The molecule has 0 unspecified atom stereocenters. The highest BCUT2D eigenvalue weighted by Gasteiger charge is 2.10. The van der Waals surface area contributed by atoms with E-state index in [0.717, 1.165) is 11.4 Å². The predicted octanol–water partition coefficient (Wildman–Crippen LogP) is 2.22. The second-order valence-electron chi connectivity index (χ2n) is 3.41. The van der Waals surface area contributed by atoms with Crippen LogP contribution in [0.5, 0.6) is 0 Å². The molecule has 4 nitrogen and oxygen atoms in total. The molecule has 16 heavy (non-hydrogen) atoms. The maximum absolute atomic E-state index is 12.3. The summed E-state index contributed by atoms with van der Waals surface area (Å²) in [5, 5.41) is 7.79. The summed E-state index contributed by atoms with van der Waals surface area (Å²) in [4.78, 5) is 3.67. The third kappa shape index (κ3) is 1.78. The lowest BCUT2D eigenvalue weighted by Crippen LogP contribution is -2.01. The average Bonchev–Trinajstić information content (AvgIpc) is 2.60. The van der Waals surface area contributed by atoms with Crippen LogP contribution in [0, 0.1) is 13.8 Å². The molecule has 0 radical (unpaired) electrons. The van der Waals surface area contributed by atoms with Crippen molar-refractivity contribution in [2.24, 2.45) is 0 Å². The SMILES string of the molecule is Cc1nnn(-c2ccc(C(F)F)nc2)c1C. The fourth-order valence-corrected chi connectivity index (χ4v) is 1.30. The first-order chi connectivity index (χ1) is 7.59. The van der Waals surface area contributed by atoms with Crippen molar-refractivity contribution < 1.29 is 8.78 Å². The molecule has 0 saturated heterocycles. The van der Waals surface area contributed by atoms with Crippen molar-refractivity contribution in [1.82, 2.24) is 20.0 Å². The fraction of sp³-hybridized carbons (Fsp3) is 0.300. The molecule has 0 aromatic carbocycles. The summed E-state index contributed by atoms with van der Waals surface area (Å²) in [7, 11) is 0. The molecule has 0 fully saturated rings. The minimum atomic E-state index is -2.55. The van der Waals surface area contributed by atoms with Gasteiger partial charge in [0.15, 0.2) is 0 Å². The minimum absolute atomic E-state index is 0.238. The Labute approximate surface area is 90.9 Å². The topological polar surface area (TPSA) is 43.6 Å². The highest BCUT2D eigenvalue weighted by molar-refractivity contribution is 5.31. The van der Waals surface area contributed by atoms with E-state index in [1.54, 1.807) is 10.7 Å². The molecule has 0 atom stereocenters. The molecule has 0 spiro atoms. The van der Waals surface area contributed by atoms with Crippen LogP contribution in [0.3, 0.4) is 0 Å². The van der Waals surface area contributed by atoms with Gasteiger partial charge in [0.25, 0.3) is 6.43 Å². The van der Waals surface area contributed by atoms with Crippen LogP contribution in [-0.2, 0) is 0 Å². The van der Waals surface area contributed by atoms with Gasteiger partial charge < -0.3 is 0 Å². The standard InChI is InChI=1S/C10H10F2N4/c1-6-7(2)16(15-14-6)8-3-4-9(10(11)12)13-5-8/h3-5,10H,1-2H3. The zero-order chi connectivity index (χ0) is 11.7. The second kappa shape index (κ2) is 3.96. The zero-order valence-electron chi connectivity index (χ0n) is 8.85. The van der Waals surface area contributed by atoms with E-state index in [9.17, 15) is 8.78 Å². The summed E-state index contributed by atoms with van der Waals surface area (Å²) in [6, 6.07) is 2.84. The molecular weight excluding hydrogens is 214 g/mol. The lowest BCUT2D eigenvalue weighted by molar-refractivity contribution is 0.146. The third-order valence-electron chi connectivity index (χ3n) is 2.36. The van der Waals surface area contributed by atoms with E-state index in [0.29, 0.717) is 5.69 Å². The smallest absolute Gasteiger partial charge is 0.253 e. The quantitative estimate of drug-likeness (QED) is 0.785. The maximum atomic E-state index is 12.3. The van der Waals surface area contributed by atoms with Crippen molar-refractivity contribution in [1.29, 1.82) is 0 Å². The molecule has 2 rings (SSSR count). The molecule has 2 heterocycles. The van der Waals surface area contributed by atoms with Gasteiger partial charge in [-0.1, -0.05) is 5.21 Å². The number of nitrogens with zero attached hydrogens (tertiary/aromatic N) is 4. The Kier molecular flexibility index (Phi) is 2.64. The Morgan fingerprint density at radius 2 is 2.00 bits per heavy atom. The summed E-state index contributed by atoms with van der Waals surface area (Å²) in [5.74, 6) is 0. The van der Waals surface area contributed by atoms with E-state index in [-0.39, 0.29) is 5.69 Å². The van der Waals surface area contributed by atoms with Gasteiger partial charge in [-0.05, 0) is 26.0 Å². The summed E-state index contributed by atoms with van der Waals surface area (Å²) in [5.41, 5.74) is 2.06. The van der Waals surface area contributed by atoms with Gasteiger partial charge in [0.05, 0.1) is 23.3 Å². The lowest BCUT2D eigenvalue weighted by atomic mass is 10.3. The molecule has 2 aromatic rings. The van der Waals surface area contributed by atoms with E-state index < -0.39 is 6.43 Å². The number of rotatable bonds is 2. The number of halogens is 2.